The number of nitrogens with zero attached hydrogens (tertiary/aromatic N) is 3. The number of para-hydroxylation sites is 1. The number of fused-ring (bicyclic) bond motifs is 12. The second-order valence-corrected chi connectivity index (χ2v) is 18.5. The highest BCUT2D eigenvalue weighted by molar-refractivity contribution is 7.26. The molecule has 64 heavy (non-hydrogen) atoms. The molecule has 4 nitrogen and oxygen atoms in total. The number of hydrogen-bond donors (Lipinski definition) is 0. The molecule has 0 spiro atoms. The normalized spacial score (nSPS) is 12.1. The largest absolute Gasteiger partial charge is 0.456 e. The van der Waals surface area contributed by atoms with Crippen LogP contribution in [0.3, 0.4) is 0 Å². The van der Waals surface area contributed by atoms with Crippen molar-refractivity contribution in [3.63, 3.8) is 0 Å². The number of rotatable bonds is 5. The highest BCUT2D eigenvalue weighted by Crippen LogP contribution is 2.46. The van der Waals surface area contributed by atoms with Gasteiger partial charge in [0.25, 0.3) is 0 Å². The van der Waals surface area contributed by atoms with Gasteiger partial charge in [-0.2, -0.15) is 0 Å². The van der Waals surface area contributed by atoms with Gasteiger partial charge in [0.05, 0.1) is 26.9 Å². The van der Waals surface area contributed by atoms with E-state index >= 15 is 0 Å². The first-order valence-electron chi connectivity index (χ1n) is 21.5. The van der Waals surface area contributed by atoms with E-state index in [-0.39, 0.29) is 0 Å². The van der Waals surface area contributed by atoms with Crippen LogP contribution < -0.4 is 0 Å². The molecule has 0 unspecified atom stereocenters. The molecule has 0 aliphatic heterocycles. The Bertz CT molecular complexity index is 4200. The minimum atomic E-state index is 0.712. The predicted molar refractivity (Wildman–Crippen MR) is 271 cm³/mol. The van der Waals surface area contributed by atoms with Crippen molar-refractivity contribution >= 4 is 107 Å². The smallest absolute Gasteiger partial charge is 0.160 e. The fourth-order valence-corrected chi connectivity index (χ4v) is 12.3. The molecule has 0 saturated carbocycles. The van der Waals surface area contributed by atoms with Crippen molar-refractivity contribution in [2.24, 2.45) is 0 Å². The third kappa shape index (κ3) is 5.33. The van der Waals surface area contributed by atoms with E-state index in [4.69, 9.17) is 14.4 Å². The molecule has 9 aromatic carbocycles. The Morgan fingerprint density at radius 3 is 1.81 bits per heavy atom. The van der Waals surface area contributed by atoms with Gasteiger partial charge in [-0.25, -0.2) is 9.97 Å². The summed E-state index contributed by atoms with van der Waals surface area (Å²) in [5, 5.41) is 8.30. The number of benzene rings is 9. The number of hydrogen-bond acceptors (Lipinski definition) is 5. The molecule has 6 heteroatoms. The average Bonchev–Trinajstić information content (AvgIpc) is 4.12. The molecular formula is C58H33N3OS2. The lowest BCUT2D eigenvalue weighted by atomic mass is 9.97. The second-order valence-electron chi connectivity index (χ2n) is 16.4. The van der Waals surface area contributed by atoms with E-state index in [1.807, 2.05) is 29.5 Å². The molecule has 0 aliphatic rings. The summed E-state index contributed by atoms with van der Waals surface area (Å²) in [5.74, 6) is 0.712. The molecule has 0 fully saturated rings. The molecule has 14 rings (SSSR count). The van der Waals surface area contributed by atoms with Gasteiger partial charge >= 0.3 is 0 Å². The molecule has 298 valence electrons. The Hall–Kier alpha value is -7.90. The average molecular weight is 852 g/mol. The van der Waals surface area contributed by atoms with Gasteiger partial charge in [-0.05, 0) is 89.0 Å². The molecule has 0 saturated heterocycles. The number of furan rings is 1. The van der Waals surface area contributed by atoms with Crippen LogP contribution in [0.15, 0.2) is 205 Å². The van der Waals surface area contributed by atoms with E-state index in [1.165, 1.54) is 57.8 Å². The van der Waals surface area contributed by atoms with Crippen molar-refractivity contribution in [3.05, 3.63) is 200 Å². The van der Waals surface area contributed by atoms with Crippen LogP contribution in [0.5, 0.6) is 0 Å². The predicted octanol–water partition coefficient (Wildman–Crippen LogP) is 16.9. The van der Waals surface area contributed by atoms with Crippen LogP contribution in [0.4, 0.5) is 0 Å². The Kier molecular flexibility index (Phi) is 7.69. The molecule has 5 aromatic heterocycles. The Morgan fingerprint density at radius 1 is 0.391 bits per heavy atom. The van der Waals surface area contributed by atoms with Crippen molar-refractivity contribution < 1.29 is 4.42 Å². The lowest BCUT2D eigenvalue weighted by Gasteiger charge is -2.09. The van der Waals surface area contributed by atoms with Crippen molar-refractivity contribution in [1.29, 1.82) is 0 Å². The van der Waals surface area contributed by atoms with Gasteiger partial charge in [0.2, 0.25) is 0 Å². The van der Waals surface area contributed by atoms with Crippen molar-refractivity contribution in [3.8, 4) is 50.6 Å². The fraction of sp³-hybridized carbons (Fsp3) is 0. The molecule has 0 N–H and O–H groups in total. The minimum Gasteiger partial charge on any atom is -0.456 e. The highest BCUT2D eigenvalue weighted by Gasteiger charge is 2.22. The summed E-state index contributed by atoms with van der Waals surface area (Å²) < 4.78 is 13.9. The van der Waals surface area contributed by atoms with E-state index in [9.17, 15) is 0 Å². The van der Waals surface area contributed by atoms with Crippen molar-refractivity contribution in [1.82, 2.24) is 14.5 Å². The van der Waals surface area contributed by atoms with Crippen LogP contribution in [0.25, 0.3) is 135 Å². The van der Waals surface area contributed by atoms with Crippen LogP contribution in [0.2, 0.25) is 0 Å². The van der Waals surface area contributed by atoms with E-state index in [0.29, 0.717) is 5.82 Å². The standard InChI is InChI=1S/C58H33N3OS2/c1-3-13-34(14-4-1)58-59-54-42-18-8-10-24-52(42)64-57(54)55(60-58)43-21-12-22-50-53(43)46-32-36(27-30-49(46)62-50)35-25-28-47-44(31-35)45-33-37(26-29-48(45)61(47)38-15-5-2-6-16-38)39-19-11-20-41-40-17-7-9-23-51(40)63-56(39)41/h1-33H. The van der Waals surface area contributed by atoms with Crippen LogP contribution in [0.1, 0.15) is 0 Å². The Morgan fingerprint density at radius 2 is 1.00 bits per heavy atom. The zero-order chi connectivity index (χ0) is 41.9. The van der Waals surface area contributed by atoms with Crippen LogP contribution in [-0.2, 0) is 0 Å². The maximum absolute atomic E-state index is 6.63. The van der Waals surface area contributed by atoms with Gasteiger partial charge in [0.15, 0.2) is 5.82 Å². The van der Waals surface area contributed by atoms with Crippen LogP contribution in [0, 0.1) is 0 Å². The first-order valence-corrected chi connectivity index (χ1v) is 23.1. The topological polar surface area (TPSA) is 43.9 Å². The molecule has 0 radical (unpaired) electrons. The van der Waals surface area contributed by atoms with Crippen molar-refractivity contribution in [2.45, 2.75) is 0 Å². The maximum atomic E-state index is 6.63. The van der Waals surface area contributed by atoms with E-state index < -0.39 is 0 Å². The van der Waals surface area contributed by atoms with Crippen LogP contribution in [-0.4, -0.2) is 14.5 Å². The molecule has 5 heterocycles. The van der Waals surface area contributed by atoms with Gasteiger partial charge in [-0.3, -0.25) is 0 Å². The minimum absolute atomic E-state index is 0.712. The van der Waals surface area contributed by atoms with Gasteiger partial charge < -0.3 is 8.98 Å². The van der Waals surface area contributed by atoms with Gasteiger partial charge in [0, 0.05) is 68.6 Å². The lowest BCUT2D eigenvalue weighted by Crippen LogP contribution is -1.94. The zero-order valence-electron chi connectivity index (χ0n) is 34.1. The van der Waals surface area contributed by atoms with Crippen LogP contribution >= 0.6 is 22.7 Å². The summed E-state index contributed by atoms with van der Waals surface area (Å²) >= 11 is 3.63. The van der Waals surface area contributed by atoms with Gasteiger partial charge in [-0.1, -0.05) is 133 Å². The van der Waals surface area contributed by atoms with E-state index in [0.717, 1.165) is 71.2 Å². The summed E-state index contributed by atoms with van der Waals surface area (Å²) in [5.41, 5.74) is 13.8. The second kappa shape index (κ2) is 13.8. The molecule has 0 aliphatic carbocycles. The summed E-state index contributed by atoms with van der Waals surface area (Å²) in [6.07, 6.45) is 0. The van der Waals surface area contributed by atoms with E-state index in [2.05, 4.69) is 187 Å². The Labute approximate surface area is 374 Å². The third-order valence-corrected chi connectivity index (χ3v) is 15.2. The fourth-order valence-electron chi connectivity index (χ4n) is 9.89. The summed E-state index contributed by atoms with van der Waals surface area (Å²) in [7, 11) is 0. The van der Waals surface area contributed by atoms with Gasteiger partial charge in [0.1, 0.15) is 11.2 Å². The zero-order valence-corrected chi connectivity index (χ0v) is 35.8. The molecule has 0 atom stereocenters. The Balaban J connectivity index is 0.976. The first kappa shape index (κ1) is 35.7. The first-order chi connectivity index (χ1) is 31.7. The van der Waals surface area contributed by atoms with Crippen molar-refractivity contribution in [2.75, 3.05) is 0 Å². The monoisotopic (exact) mass is 851 g/mol. The highest BCUT2D eigenvalue weighted by atomic mass is 32.1. The SMILES string of the molecule is c1ccc(-c2nc(-c3cccc4oc5ccc(-c6ccc7c(c6)c6cc(-c8cccc9c8sc8ccccc89)ccc6n7-c6ccccc6)cc5c34)c3sc4ccccc4c3n2)cc1. The maximum Gasteiger partial charge on any atom is 0.160 e. The summed E-state index contributed by atoms with van der Waals surface area (Å²) in [4.78, 5) is 10.5. The lowest BCUT2D eigenvalue weighted by molar-refractivity contribution is 0.669. The quantitative estimate of drug-likeness (QED) is 0.173. The molecular weight excluding hydrogens is 819 g/mol. The summed E-state index contributed by atoms with van der Waals surface area (Å²) in [6.45, 7) is 0. The number of thiophene rings is 2. The van der Waals surface area contributed by atoms with E-state index in [1.54, 1.807) is 11.3 Å². The summed E-state index contributed by atoms with van der Waals surface area (Å²) in [6, 6.07) is 71.9. The third-order valence-electron chi connectivity index (χ3n) is 12.8. The number of aromatic nitrogens is 3. The molecule has 0 bridgehead atoms. The van der Waals surface area contributed by atoms with Gasteiger partial charge in [-0.15, -0.1) is 22.7 Å². The molecule has 0 amide bonds. The molecule has 14 aromatic rings.